The lowest BCUT2D eigenvalue weighted by atomic mass is 10.0. The quantitative estimate of drug-likeness (QED) is 0.835. The van der Waals surface area contributed by atoms with Crippen LogP contribution >= 0.6 is 0 Å². The molecule has 2 aliphatic rings. The highest BCUT2D eigenvalue weighted by molar-refractivity contribution is 6.04. The predicted octanol–water partition coefficient (Wildman–Crippen LogP) is 1.77. The average molecular weight is 273 g/mol. The Morgan fingerprint density at radius 3 is 2.55 bits per heavy atom. The lowest BCUT2D eigenvalue weighted by molar-refractivity contribution is -0.136. The number of nitrogens with two attached hydrogens (primary N) is 1. The molecule has 0 saturated carbocycles. The van der Waals surface area contributed by atoms with Crippen LogP contribution in [0.25, 0.3) is 0 Å². The lowest BCUT2D eigenvalue weighted by Crippen LogP contribution is -2.42. The summed E-state index contributed by atoms with van der Waals surface area (Å²) in [6.45, 7) is 1.42. The van der Waals surface area contributed by atoms with E-state index in [0.717, 1.165) is 29.8 Å². The van der Waals surface area contributed by atoms with E-state index in [9.17, 15) is 4.79 Å². The van der Waals surface area contributed by atoms with Gasteiger partial charge in [-0.15, -0.1) is 0 Å². The van der Waals surface area contributed by atoms with Gasteiger partial charge in [-0.3, -0.25) is 4.79 Å². The van der Waals surface area contributed by atoms with Gasteiger partial charge in [0.2, 0.25) is 5.91 Å². The Morgan fingerprint density at radius 1 is 1.15 bits per heavy atom. The van der Waals surface area contributed by atoms with Gasteiger partial charge in [0.25, 0.3) is 0 Å². The molecular weight excluding hydrogens is 254 g/mol. The Labute approximate surface area is 118 Å². The summed E-state index contributed by atoms with van der Waals surface area (Å²) in [4.78, 5) is 12.1. The zero-order chi connectivity index (χ0) is 13.9. The number of hydrogen-bond acceptors (Lipinski definition) is 4. The molecule has 0 bridgehead atoms. The molecule has 5 nitrogen and oxygen atoms in total. The third-order valence-corrected chi connectivity index (χ3v) is 3.84. The van der Waals surface area contributed by atoms with Gasteiger partial charge in [-0.25, -0.2) is 5.01 Å². The minimum atomic E-state index is 0.121. The molecule has 2 heterocycles. The third kappa shape index (κ3) is 2.67. The maximum Gasteiger partial charge on any atom is 0.243 e. The van der Waals surface area contributed by atoms with Gasteiger partial charge in [0.15, 0.2) is 0 Å². The van der Waals surface area contributed by atoms with E-state index < -0.39 is 0 Å². The van der Waals surface area contributed by atoms with E-state index >= 15 is 0 Å². The number of nitrogen functional groups attached to an aromatic ring is 1. The van der Waals surface area contributed by atoms with E-state index in [-0.39, 0.29) is 11.9 Å². The summed E-state index contributed by atoms with van der Waals surface area (Å²) in [6, 6.07) is 7.85. The summed E-state index contributed by atoms with van der Waals surface area (Å²) in [5, 5.41) is 6.27. The van der Waals surface area contributed by atoms with Crippen molar-refractivity contribution in [2.45, 2.75) is 31.7 Å². The summed E-state index contributed by atoms with van der Waals surface area (Å²) in [6.07, 6.45) is 2.96. The van der Waals surface area contributed by atoms with Gasteiger partial charge in [-0.2, -0.15) is 5.10 Å². The van der Waals surface area contributed by atoms with Gasteiger partial charge in [0, 0.05) is 31.7 Å². The maximum absolute atomic E-state index is 12.1. The summed E-state index contributed by atoms with van der Waals surface area (Å²) in [5.41, 5.74) is 8.46. The van der Waals surface area contributed by atoms with Crippen molar-refractivity contribution in [3.8, 4) is 0 Å². The monoisotopic (exact) mass is 273 g/mol. The number of ether oxygens (including phenoxy) is 1. The standard InChI is InChI=1S/C15H19N3O2/c16-12-3-1-11(2-4-12)14-5-6-15(19)18(17-14)13-7-9-20-10-8-13/h1-4,13H,5-10,16H2. The van der Waals surface area contributed by atoms with E-state index in [0.29, 0.717) is 26.1 Å². The zero-order valence-corrected chi connectivity index (χ0v) is 11.4. The number of carbonyl (C=O) groups is 1. The molecule has 2 N–H and O–H groups in total. The summed E-state index contributed by atoms with van der Waals surface area (Å²) in [7, 11) is 0. The Hall–Kier alpha value is -1.88. The summed E-state index contributed by atoms with van der Waals surface area (Å²) >= 11 is 0. The second-order valence-corrected chi connectivity index (χ2v) is 5.25. The second kappa shape index (κ2) is 5.63. The van der Waals surface area contributed by atoms with Crippen LogP contribution in [0.3, 0.4) is 0 Å². The summed E-state index contributed by atoms with van der Waals surface area (Å²) in [5.74, 6) is 0.121. The fourth-order valence-corrected chi connectivity index (χ4v) is 2.67. The van der Waals surface area contributed by atoms with Gasteiger partial charge in [-0.1, -0.05) is 12.1 Å². The van der Waals surface area contributed by atoms with Crippen molar-refractivity contribution in [1.29, 1.82) is 0 Å². The van der Waals surface area contributed by atoms with E-state index in [1.165, 1.54) is 0 Å². The van der Waals surface area contributed by atoms with Crippen molar-refractivity contribution in [3.63, 3.8) is 0 Å². The van der Waals surface area contributed by atoms with Gasteiger partial charge >= 0.3 is 0 Å². The lowest BCUT2D eigenvalue weighted by Gasteiger charge is -2.33. The minimum Gasteiger partial charge on any atom is -0.399 e. The highest BCUT2D eigenvalue weighted by atomic mass is 16.5. The van der Waals surface area contributed by atoms with E-state index in [1.54, 1.807) is 5.01 Å². The molecule has 106 valence electrons. The predicted molar refractivity (Wildman–Crippen MR) is 77.3 cm³/mol. The van der Waals surface area contributed by atoms with Crippen LogP contribution in [0.4, 0.5) is 5.69 Å². The zero-order valence-electron chi connectivity index (χ0n) is 11.4. The normalized spacial score (nSPS) is 20.9. The van der Waals surface area contributed by atoms with Gasteiger partial charge < -0.3 is 10.5 Å². The van der Waals surface area contributed by atoms with Crippen LogP contribution in [0, 0.1) is 0 Å². The molecule has 0 aromatic heterocycles. The number of benzene rings is 1. The van der Waals surface area contributed by atoms with Crippen LogP contribution in [0.1, 0.15) is 31.2 Å². The number of rotatable bonds is 2. The van der Waals surface area contributed by atoms with Crippen molar-refractivity contribution in [2.75, 3.05) is 18.9 Å². The van der Waals surface area contributed by atoms with E-state index in [4.69, 9.17) is 10.5 Å². The highest BCUT2D eigenvalue weighted by Crippen LogP contribution is 2.22. The fourth-order valence-electron chi connectivity index (χ4n) is 2.67. The SMILES string of the molecule is Nc1ccc(C2=NN(C3CCOCC3)C(=O)CC2)cc1. The molecule has 1 aromatic rings. The van der Waals surface area contributed by atoms with Gasteiger partial charge in [-0.05, 0) is 30.5 Å². The fraction of sp³-hybridized carbons (Fsp3) is 0.467. The molecule has 0 aliphatic carbocycles. The first-order chi connectivity index (χ1) is 9.74. The molecule has 2 aliphatic heterocycles. The number of hydrazone groups is 1. The van der Waals surface area contributed by atoms with Crippen molar-refractivity contribution in [1.82, 2.24) is 5.01 Å². The van der Waals surface area contributed by atoms with E-state index in [2.05, 4.69) is 5.10 Å². The molecule has 3 rings (SSSR count). The molecular formula is C15H19N3O2. The molecule has 1 saturated heterocycles. The number of carbonyl (C=O) groups excluding carboxylic acids is 1. The molecule has 0 radical (unpaired) electrons. The van der Waals surface area contributed by atoms with Crippen LogP contribution in [0.5, 0.6) is 0 Å². The minimum absolute atomic E-state index is 0.121. The molecule has 0 atom stereocenters. The molecule has 1 fully saturated rings. The Morgan fingerprint density at radius 2 is 1.85 bits per heavy atom. The maximum atomic E-state index is 12.1. The van der Waals surface area contributed by atoms with E-state index in [1.807, 2.05) is 24.3 Å². The molecule has 20 heavy (non-hydrogen) atoms. The Kier molecular flexibility index (Phi) is 3.69. The Balaban J connectivity index is 1.84. The third-order valence-electron chi connectivity index (χ3n) is 3.84. The van der Waals surface area contributed by atoms with Crippen LogP contribution in [-0.4, -0.2) is 35.9 Å². The molecule has 5 heteroatoms. The second-order valence-electron chi connectivity index (χ2n) is 5.25. The average Bonchev–Trinajstić information content (AvgIpc) is 2.50. The largest absolute Gasteiger partial charge is 0.399 e. The molecule has 0 unspecified atom stereocenters. The molecule has 1 amide bonds. The highest BCUT2D eigenvalue weighted by Gasteiger charge is 2.29. The van der Waals surface area contributed by atoms with Crippen LogP contribution in [-0.2, 0) is 9.53 Å². The van der Waals surface area contributed by atoms with Crippen molar-refractivity contribution in [3.05, 3.63) is 29.8 Å². The van der Waals surface area contributed by atoms with Gasteiger partial charge in [0.1, 0.15) is 0 Å². The van der Waals surface area contributed by atoms with Crippen LogP contribution < -0.4 is 5.73 Å². The summed E-state index contributed by atoms with van der Waals surface area (Å²) < 4.78 is 5.35. The number of anilines is 1. The first-order valence-electron chi connectivity index (χ1n) is 7.07. The van der Waals surface area contributed by atoms with Crippen molar-refractivity contribution in [2.24, 2.45) is 5.10 Å². The number of nitrogens with zero attached hydrogens (tertiary/aromatic N) is 2. The molecule has 1 aromatic carbocycles. The molecule has 0 spiro atoms. The van der Waals surface area contributed by atoms with Gasteiger partial charge in [0.05, 0.1) is 11.8 Å². The number of amides is 1. The van der Waals surface area contributed by atoms with Crippen molar-refractivity contribution < 1.29 is 9.53 Å². The number of hydrogen-bond donors (Lipinski definition) is 1. The first kappa shape index (κ1) is 13.1. The van der Waals surface area contributed by atoms with Crippen LogP contribution in [0.15, 0.2) is 29.4 Å². The topological polar surface area (TPSA) is 67.9 Å². The smallest absolute Gasteiger partial charge is 0.243 e. The van der Waals surface area contributed by atoms with Crippen molar-refractivity contribution >= 4 is 17.3 Å². The first-order valence-corrected chi connectivity index (χ1v) is 7.07. The Bertz CT molecular complexity index is 518. The van der Waals surface area contributed by atoms with Crippen LogP contribution in [0.2, 0.25) is 0 Å².